The number of amides is 2. The van der Waals surface area contributed by atoms with Crippen LogP contribution in [0.5, 0.6) is 0 Å². The molecule has 0 aliphatic carbocycles. The highest BCUT2D eigenvalue weighted by molar-refractivity contribution is 7.89. The second kappa shape index (κ2) is 9.37. The second-order valence-corrected chi connectivity index (χ2v) is 9.15. The molecule has 0 radical (unpaired) electrons. The molecule has 1 fully saturated rings. The van der Waals surface area contributed by atoms with E-state index < -0.39 is 15.8 Å². The number of benzene rings is 2. The van der Waals surface area contributed by atoms with Crippen molar-refractivity contribution < 1.29 is 17.6 Å². The Labute approximate surface area is 171 Å². The molecule has 8 heteroatoms. The monoisotopic (exact) mass is 419 g/mol. The summed E-state index contributed by atoms with van der Waals surface area (Å²) in [6, 6.07) is 11.9. The van der Waals surface area contributed by atoms with Crippen LogP contribution in [0.4, 0.5) is 14.9 Å². The minimum Gasteiger partial charge on any atom is -0.338 e. The molecule has 2 aromatic rings. The van der Waals surface area contributed by atoms with Gasteiger partial charge in [-0.05, 0) is 62.6 Å². The summed E-state index contributed by atoms with van der Waals surface area (Å²) >= 11 is 0. The third-order valence-corrected chi connectivity index (χ3v) is 7.03. The maximum absolute atomic E-state index is 13.2. The lowest BCUT2D eigenvalue weighted by Gasteiger charge is -2.34. The summed E-state index contributed by atoms with van der Waals surface area (Å²) in [6.07, 6.45) is 2.98. The molecule has 3 rings (SSSR count). The number of sulfonamides is 1. The van der Waals surface area contributed by atoms with E-state index in [1.807, 2.05) is 31.2 Å². The highest BCUT2D eigenvalue weighted by atomic mass is 32.2. The third-order valence-electron chi connectivity index (χ3n) is 5.07. The van der Waals surface area contributed by atoms with Crippen LogP contribution in [0.1, 0.15) is 31.2 Å². The normalized spacial score (nSPS) is 17.7. The molecule has 1 heterocycles. The van der Waals surface area contributed by atoms with E-state index in [9.17, 15) is 17.6 Å². The molecule has 156 valence electrons. The van der Waals surface area contributed by atoms with E-state index in [1.165, 1.54) is 16.4 Å². The molecule has 29 heavy (non-hydrogen) atoms. The molecule has 1 unspecified atom stereocenters. The number of aryl methyl sites for hydroxylation is 1. The number of carbonyl (C=O) groups is 1. The molecule has 1 aliphatic rings. The summed E-state index contributed by atoms with van der Waals surface area (Å²) in [5.74, 6) is -0.470. The predicted molar refractivity (Wildman–Crippen MR) is 111 cm³/mol. The van der Waals surface area contributed by atoms with Crippen LogP contribution in [0.15, 0.2) is 53.4 Å². The van der Waals surface area contributed by atoms with Crippen molar-refractivity contribution in [2.75, 3.05) is 18.4 Å². The number of hydrogen-bond donors (Lipinski definition) is 2. The lowest BCUT2D eigenvalue weighted by molar-refractivity contribution is 0.234. The lowest BCUT2D eigenvalue weighted by Crippen LogP contribution is -2.45. The molecule has 6 nitrogen and oxygen atoms in total. The van der Waals surface area contributed by atoms with E-state index in [2.05, 4.69) is 10.6 Å². The third kappa shape index (κ3) is 5.55. The van der Waals surface area contributed by atoms with E-state index in [0.717, 1.165) is 37.0 Å². The number of carbonyl (C=O) groups excluding carboxylic acids is 1. The van der Waals surface area contributed by atoms with Gasteiger partial charge in [-0.1, -0.05) is 24.1 Å². The first-order valence-corrected chi connectivity index (χ1v) is 11.2. The molecule has 1 aliphatic heterocycles. The Morgan fingerprint density at radius 2 is 1.79 bits per heavy atom. The fraction of sp³-hybridized carbons (Fsp3) is 0.381. The van der Waals surface area contributed by atoms with Crippen LogP contribution >= 0.6 is 0 Å². The zero-order chi connectivity index (χ0) is 20.9. The van der Waals surface area contributed by atoms with Gasteiger partial charge in [-0.2, -0.15) is 4.31 Å². The van der Waals surface area contributed by atoms with E-state index in [1.54, 1.807) is 0 Å². The summed E-state index contributed by atoms with van der Waals surface area (Å²) in [7, 11) is -3.69. The minimum atomic E-state index is -3.69. The van der Waals surface area contributed by atoms with Crippen molar-refractivity contribution in [3.05, 3.63) is 59.9 Å². The average Bonchev–Trinajstić information content (AvgIpc) is 2.70. The fourth-order valence-electron chi connectivity index (χ4n) is 3.49. The minimum absolute atomic E-state index is 0.0934. The average molecular weight is 420 g/mol. The zero-order valence-electron chi connectivity index (χ0n) is 16.4. The topological polar surface area (TPSA) is 78.5 Å². The Kier molecular flexibility index (Phi) is 6.87. The largest absolute Gasteiger partial charge is 0.338 e. The van der Waals surface area contributed by atoms with Crippen LogP contribution in [-0.4, -0.2) is 37.9 Å². The fourth-order valence-corrected chi connectivity index (χ4v) is 5.21. The van der Waals surface area contributed by atoms with Crippen molar-refractivity contribution in [2.45, 2.75) is 43.5 Å². The Morgan fingerprint density at radius 1 is 1.10 bits per heavy atom. The molecule has 0 bridgehead atoms. The molecular formula is C21H26FN3O3S. The van der Waals surface area contributed by atoms with Gasteiger partial charge >= 0.3 is 6.03 Å². The van der Waals surface area contributed by atoms with Gasteiger partial charge in [0.15, 0.2) is 0 Å². The van der Waals surface area contributed by atoms with Crippen LogP contribution in [0, 0.1) is 12.7 Å². The van der Waals surface area contributed by atoms with E-state index in [-0.39, 0.29) is 17.0 Å². The highest BCUT2D eigenvalue weighted by Gasteiger charge is 2.33. The van der Waals surface area contributed by atoms with Crippen LogP contribution in [0.3, 0.4) is 0 Å². The van der Waals surface area contributed by atoms with Crippen LogP contribution in [0.25, 0.3) is 0 Å². The SMILES string of the molecule is Cc1ccc(NC(=O)NCCC2CCCCN2S(=O)(=O)c2ccc(F)cc2)cc1. The van der Waals surface area contributed by atoms with Gasteiger partial charge < -0.3 is 10.6 Å². The molecule has 0 saturated carbocycles. The summed E-state index contributed by atoms with van der Waals surface area (Å²) in [6.45, 7) is 2.76. The van der Waals surface area contributed by atoms with Crippen molar-refractivity contribution in [3.63, 3.8) is 0 Å². The van der Waals surface area contributed by atoms with Gasteiger partial charge in [-0.15, -0.1) is 0 Å². The summed E-state index contributed by atoms with van der Waals surface area (Å²) in [4.78, 5) is 12.2. The number of halogens is 1. The van der Waals surface area contributed by atoms with Gasteiger partial charge in [0.1, 0.15) is 5.82 Å². The van der Waals surface area contributed by atoms with E-state index in [4.69, 9.17) is 0 Å². The van der Waals surface area contributed by atoms with Crippen molar-refractivity contribution in [1.29, 1.82) is 0 Å². The van der Waals surface area contributed by atoms with Crippen molar-refractivity contribution in [1.82, 2.24) is 9.62 Å². The van der Waals surface area contributed by atoms with Crippen LogP contribution < -0.4 is 10.6 Å². The Hall–Kier alpha value is -2.45. The van der Waals surface area contributed by atoms with Gasteiger partial charge in [0, 0.05) is 24.8 Å². The van der Waals surface area contributed by atoms with Gasteiger partial charge in [0.2, 0.25) is 10.0 Å². The number of anilines is 1. The van der Waals surface area contributed by atoms with Gasteiger partial charge in [-0.25, -0.2) is 17.6 Å². The van der Waals surface area contributed by atoms with Gasteiger partial charge in [0.25, 0.3) is 0 Å². The molecule has 2 N–H and O–H groups in total. The first-order valence-electron chi connectivity index (χ1n) is 9.75. The predicted octanol–water partition coefficient (Wildman–Crippen LogP) is 3.89. The molecule has 2 amide bonds. The summed E-state index contributed by atoms with van der Waals surface area (Å²) in [5.41, 5.74) is 1.81. The molecule has 0 aromatic heterocycles. The van der Waals surface area contributed by atoms with Crippen molar-refractivity contribution in [2.24, 2.45) is 0 Å². The number of piperidine rings is 1. The smallest absolute Gasteiger partial charge is 0.319 e. The highest BCUT2D eigenvalue weighted by Crippen LogP contribution is 2.27. The van der Waals surface area contributed by atoms with Crippen molar-refractivity contribution in [3.8, 4) is 0 Å². The molecule has 2 aromatic carbocycles. The number of nitrogens with zero attached hydrogens (tertiary/aromatic N) is 1. The molecule has 1 atom stereocenters. The standard InChI is InChI=1S/C21H26FN3O3S/c1-16-5-9-18(10-6-16)24-21(26)23-14-13-19-4-2-3-15-25(19)29(27,28)20-11-7-17(22)8-12-20/h5-12,19H,2-4,13-15H2,1H3,(H2,23,24,26). The quantitative estimate of drug-likeness (QED) is 0.746. The van der Waals surface area contributed by atoms with Crippen molar-refractivity contribution >= 4 is 21.7 Å². The second-order valence-electron chi connectivity index (χ2n) is 7.25. The summed E-state index contributed by atoms with van der Waals surface area (Å²) < 4.78 is 40.6. The number of hydrogen-bond acceptors (Lipinski definition) is 3. The lowest BCUT2D eigenvalue weighted by atomic mass is 10.0. The Bertz CT molecular complexity index is 931. The maximum atomic E-state index is 13.2. The number of urea groups is 1. The number of nitrogens with one attached hydrogen (secondary N) is 2. The molecule has 0 spiro atoms. The van der Waals surface area contributed by atoms with E-state index >= 15 is 0 Å². The van der Waals surface area contributed by atoms with E-state index in [0.29, 0.717) is 25.2 Å². The summed E-state index contributed by atoms with van der Waals surface area (Å²) in [5, 5.41) is 5.55. The molecule has 1 saturated heterocycles. The Morgan fingerprint density at radius 3 is 2.48 bits per heavy atom. The van der Waals surface area contributed by atoms with Gasteiger partial charge in [-0.3, -0.25) is 0 Å². The number of rotatable bonds is 6. The zero-order valence-corrected chi connectivity index (χ0v) is 17.2. The maximum Gasteiger partial charge on any atom is 0.319 e. The van der Waals surface area contributed by atoms with Crippen LogP contribution in [0.2, 0.25) is 0 Å². The first kappa shape index (κ1) is 21.3. The Balaban J connectivity index is 1.57. The van der Waals surface area contributed by atoms with Gasteiger partial charge in [0.05, 0.1) is 4.90 Å². The first-order chi connectivity index (χ1) is 13.9. The van der Waals surface area contributed by atoms with Crippen LogP contribution in [-0.2, 0) is 10.0 Å². The molecular weight excluding hydrogens is 393 g/mol.